The number of benzene rings is 2. The Bertz CT molecular complexity index is 1420. The summed E-state index contributed by atoms with van der Waals surface area (Å²) in [6.45, 7) is 12.7. The summed E-state index contributed by atoms with van der Waals surface area (Å²) in [5, 5.41) is 19.9. The third-order valence-electron chi connectivity index (χ3n) is 6.39. The van der Waals surface area contributed by atoms with Gasteiger partial charge in [-0.15, -0.1) is 17.0 Å². The zero-order valence-corrected chi connectivity index (χ0v) is 23.5. The lowest BCUT2D eigenvalue weighted by Gasteiger charge is -2.28. The van der Waals surface area contributed by atoms with Crippen LogP contribution in [0.5, 0.6) is 5.75 Å². The smallest absolute Gasteiger partial charge is 0.203 e. The number of carbonyl (C=O) groups is 1. The molecule has 0 aliphatic heterocycles. The highest BCUT2D eigenvalue weighted by Gasteiger charge is 2.28. The predicted molar refractivity (Wildman–Crippen MR) is 149 cm³/mol. The highest BCUT2D eigenvalue weighted by Crippen LogP contribution is 2.40. The van der Waals surface area contributed by atoms with Gasteiger partial charge in [-0.2, -0.15) is 0 Å². The first-order valence-electron chi connectivity index (χ1n) is 11.9. The van der Waals surface area contributed by atoms with E-state index < -0.39 is 0 Å². The number of carbonyl (C=O) groups excluding carboxylic acids is 1. The van der Waals surface area contributed by atoms with Crippen LogP contribution in [-0.2, 0) is 23.9 Å². The maximum absolute atomic E-state index is 13.6. The first-order valence-corrected chi connectivity index (χ1v) is 11.9. The molecular weight excluding hydrogens is 516 g/mol. The minimum absolute atomic E-state index is 0. The van der Waals surface area contributed by atoms with Crippen molar-refractivity contribution in [1.29, 1.82) is 5.41 Å². The number of phenolic OH excluding ortho intramolecular Hbond substituents is 1. The van der Waals surface area contributed by atoms with E-state index in [1.54, 1.807) is 17.0 Å². The third-order valence-corrected chi connectivity index (χ3v) is 6.39. The number of fused-ring (bicyclic) bond motifs is 1. The number of nitrogens with one attached hydrogen (secondary N) is 1. The SMILES string of the molecule is Br.CC(C)(C)c1cc(C(=O)Cn2c(=N)n(Cc3cccnc3)c3ccccc32)cc(C(C)(C)C)c1O. The molecule has 0 aliphatic rings. The zero-order valence-electron chi connectivity index (χ0n) is 21.8. The van der Waals surface area contributed by atoms with Gasteiger partial charge in [-0.25, -0.2) is 0 Å². The highest BCUT2D eigenvalue weighted by molar-refractivity contribution is 8.93. The summed E-state index contributed by atoms with van der Waals surface area (Å²) in [4.78, 5) is 17.8. The summed E-state index contributed by atoms with van der Waals surface area (Å²) in [7, 11) is 0. The van der Waals surface area contributed by atoms with E-state index in [9.17, 15) is 9.90 Å². The Morgan fingerprint density at radius 2 is 1.47 bits per heavy atom. The van der Waals surface area contributed by atoms with Crippen molar-refractivity contribution < 1.29 is 9.90 Å². The number of rotatable bonds is 5. The molecule has 2 aromatic heterocycles. The molecule has 0 bridgehead atoms. The maximum atomic E-state index is 13.6. The molecule has 6 nitrogen and oxygen atoms in total. The van der Waals surface area contributed by atoms with Crippen molar-refractivity contribution in [2.75, 3.05) is 0 Å². The van der Waals surface area contributed by atoms with Crippen LogP contribution in [0.15, 0.2) is 60.9 Å². The number of halogens is 1. The number of pyridine rings is 1. The van der Waals surface area contributed by atoms with Crippen molar-refractivity contribution in [3.63, 3.8) is 0 Å². The predicted octanol–water partition coefficient (Wildman–Crippen LogP) is 6.13. The standard InChI is InChI=1S/C29H34N4O2.BrH/c1-28(2,3)21-14-20(15-22(26(21)35)29(4,5)6)25(34)18-33-24-12-8-7-11-23(24)32(27(33)30)17-19-10-9-13-31-16-19;/h7-16,30,35H,17-18H2,1-6H3;1H. The van der Waals surface area contributed by atoms with Crippen LogP contribution in [0.25, 0.3) is 11.0 Å². The lowest BCUT2D eigenvalue weighted by Crippen LogP contribution is -2.28. The summed E-state index contributed by atoms with van der Waals surface area (Å²) in [5.74, 6) is 0.159. The van der Waals surface area contributed by atoms with Gasteiger partial charge in [0.05, 0.1) is 24.1 Å². The van der Waals surface area contributed by atoms with Gasteiger partial charge in [0.25, 0.3) is 0 Å². The molecule has 0 fully saturated rings. The van der Waals surface area contributed by atoms with E-state index in [2.05, 4.69) is 4.98 Å². The molecule has 4 rings (SSSR count). The van der Waals surface area contributed by atoms with E-state index >= 15 is 0 Å². The molecule has 0 atom stereocenters. The molecular formula is C29H35BrN4O2. The first kappa shape index (κ1) is 27.4. The average molecular weight is 552 g/mol. The lowest BCUT2D eigenvalue weighted by atomic mass is 9.78. The van der Waals surface area contributed by atoms with Crippen molar-refractivity contribution in [2.24, 2.45) is 0 Å². The molecule has 0 aliphatic carbocycles. The van der Waals surface area contributed by atoms with Gasteiger partial charge in [0.15, 0.2) is 5.78 Å². The fourth-order valence-electron chi connectivity index (χ4n) is 4.46. The van der Waals surface area contributed by atoms with Gasteiger partial charge in [-0.3, -0.25) is 15.2 Å². The number of phenols is 1. The van der Waals surface area contributed by atoms with Gasteiger partial charge in [0.1, 0.15) is 5.75 Å². The van der Waals surface area contributed by atoms with Gasteiger partial charge in [0.2, 0.25) is 5.62 Å². The number of aromatic hydroxyl groups is 1. The molecule has 4 aromatic rings. The Morgan fingerprint density at radius 3 is 1.97 bits per heavy atom. The topological polar surface area (TPSA) is 83.9 Å². The molecule has 0 unspecified atom stereocenters. The summed E-state index contributed by atoms with van der Waals surface area (Å²) in [6, 6.07) is 15.3. The second-order valence-electron chi connectivity index (χ2n) is 11.2. The Labute approximate surface area is 222 Å². The molecule has 2 N–H and O–H groups in total. The van der Waals surface area contributed by atoms with E-state index in [0.717, 1.165) is 27.7 Å². The Hall–Kier alpha value is -3.19. The van der Waals surface area contributed by atoms with Crippen molar-refractivity contribution in [3.05, 3.63) is 88.8 Å². The fraction of sp³-hybridized carbons (Fsp3) is 0.345. The Balaban J connectivity index is 0.00000361. The molecule has 2 heterocycles. The molecule has 2 aromatic carbocycles. The number of ketones is 1. The van der Waals surface area contributed by atoms with Crippen molar-refractivity contribution in [2.45, 2.75) is 65.5 Å². The number of Topliss-reactive ketones (excluding diaryl/α,β-unsaturated/α-hetero) is 1. The summed E-state index contributed by atoms with van der Waals surface area (Å²) >= 11 is 0. The van der Waals surface area contributed by atoms with Gasteiger partial charge < -0.3 is 14.2 Å². The van der Waals surface area contributed by atoms with Crippen LogP contribution in [0, 0.1) is 5.41 Å². The number of hydrogen-bond donors (Lipinski definition) is 2. The number of aromatic nitrogens is 3. The van der Waals surface area contributed by atoms with Crippen molar-refractivity contribution in [1.82, 2.24) is 14.1 Å². The second kappa shape index (κ2) is 10.1. The van der Waals surface area contributed by atoms with E-state index in [4.69, 9.17) is 5.41 Å². The molecule has 0 amide bonds. The molecule has 0 saturated carbocycles. The van der Waals surface area contributed by atoms with Crippen LogP contribution in [0.1, 0.15) is 68.6 Å². The fourth-order valence-corrected chi connectivity index (χ4v) is 4.46. The van der Waals surface area contributed by atoms with Gasteiger partial charge in [0, 0.05) is 29.1 Å². The van der Waals surface area contributed by atoms with E-state index in [-0.39, 0.29) is 51.5 Å². The van der Waals surface area contributed by atoms with Gasteiger partial charge in [-0.1, -0.05) is 59.7 Å². The molecule has 190 valence electrons. The number of hydrogen-bond acceptors (Lipinski definition) is 4. The normalized spacial score (nSPS) is 11.9. The van der Waals surface area contributed by atoms with Crippen LogP contribution in [-0.4, -0.2) is 25.0 Å². The monoisotopic (exact) mass is 550 g/mol. The van der Waals surface area contributed by atoms with E-state index in [1.165, 1.54) is 0 Å². The van der Waals surface area contributed by atoms with E-state index in [0.29, 0.717) is 12.1 Å². The van der Waals surface area contributed by atoms with Crippen LogP contribution in [0.2, 0.25) is 0 Å². The van der Waals surface area contributed by atoms with Gasteiger partial charge in [-0.05, 0) is 46.7 Å². The highest BCUT2D eigenvalue weighted by atomic mass is 79.9. The molecule has 7 heteroatoms. The van der Waals surface area contributed by atoms with Crippen molar-refractivity contribution in [3.8, 4) is 5.75 Å². The summed E-state index contributed by atoms with van der Waals surface area (Å²) in [6.07, 6.45) is 3.52. The summed E-state index contributed by atoms with van der Waals surface area (Å²) < 4.78 is 3.66. The number of imidazole rings is 1. The zero-order chi connectivity index (χ0) is 25.5. The molecule has 0 spiro atoms. The lowest BCUT2D eigenvalue weighted by molar-refractivity contribution is 0.0971. The Morgan fingerprint density at radius 1 is 0.917 bits per heavy atom. The van der Waals surface area contributed by atoms with Crippen LogP contribution >= 0.6 is 17.0 Å². The minimum Gasteiger partial charge on any atom is -0.507 e. The minimum atomic E-state index is -0.326. The van der Waals surface area contributed by atoms with Crippen LogP contribution < -0.4 is 5.62 Å². The molecule has 36 heavy (non-hydrogen) atoms. The summed E-state index contributed by atoms with van der Waals surface area (Å²) in [5.41, 5.74) is 4.38. The average Bonchev–Trinajstić information content (AvgIpc) is 3.04. The van der Waals surface area contributed by atoms with Crippen LogP contribution in [0.3, 0.4) is 0 Å². The van der Waals surface area contributed by atoms with Crippen LogP contribution in [0.4, 0.5) is 0 Å². The maximum Gasteiger partial charge on any atom is 0.203 e. The number of para-hydroxylation sites is 2. The number of nitrogens with zero attached hydrogens (tertiary/aromatic N) is 3. The first-order chi connectivity index (χ1) is 16.4. The molecule has 0 radical (unpaired) electrons. The quantitative estimate of drug-likeness (QED) is 0.293. The van der Waals surface area contributed by atoms with Crippen molar-refractivity contribution >= 4 is 33.8 Å². The second-order valence-corrected chi connectivity index (χ2v) is 11.2. The Kier molecular flexibility index (Phi) is 7.65. The largest absolute Gasteiger partial charge is 0.507 e. The molecule has 0 saturated heterocycles. The van der Waals surface area contributed by atoms with Gasteiger partial charge >= 0.3 is 0 Å². The third kappa shape index (κ3) is 5.31. The van der Waals surface area contributed by atoms with E-state index in [1.807, 2.05) is 94.6 Å².